The number of carbonyl (C=O) groups excluding carboxylic acids is 1. The Labute approximate surface area is 164 Å². The monoisotopic (exact) mass is 369 g/mol. The molecule has 0 rings (SSSR count). The molecule has 0 aliphatic heterocycles. The highest BCUT2D eigenvalue weighted by Gasteiger charge is 2.12. The van der Waals surface area contributed by atoms with Crippen molar-refractivity contribution >= 4 is 5.91 Å². The van der Waals surface area contributed by atoms with Crippen molar-refractivity contribution in [2.75, 3.05) is 34.2 Å². The lowest BCUT2D eigenvalue weighted by molar-refractivity contribution is -0.862. The van der Waals surface area contributed by atoms with Gasteiger partial charge in [-0.15, -0.1) is 0 Å². The van der Waals surface area contributed by atoms with Crippen LogP contribution in [0.2, 0.25) is 0 Å². The Morgan fingerprint density at radius 3 is 1.31 bits per heavy atom. The van der Waals surface area contributed by atoms with Gasteiger partial charge in [0.15, 0.2) is 6.54 Å². The Morgan fingerprint density at radius 1 is 0.615 bits per heavy atom. The number of carbonyl (C=O) groups is 1. The molecule has 0 unspecified atom stereocenters. The third-order valence-electron chi connectivity index (χ3n) is 4.97. The fourth-order valence-electron chi connectivity index (χ4n) is 3.39. The van der Waals surface area contributed by atoms with Crippen molar-refractivity contribution in [2.24, 2.45) is 0 Å². The number of nitrogens with one attached hydrogen (secondary N) is 1. The molecule has 1 amide bonds. The predicted octanol–water partition coefficient (Wildman–Crippen LogP) is 6.07. The molecule has 0 saturated heterocycles. The normalized spacial score (nSPS) is 11.7. The second-order valence-electron chi connectivity index (χ2n) is 9.10. The molecule has 156 valence electrons. The van der Waals surface area contributed by atoms with Crippen LogP contribution >= 0.6 is 0 Å². The zero-order valence-corrected chi connectivity index (χ0v) is 18.6. The van der Waals surface area contributed by atoms with Crippen LogP contribution < -0.4 is 5.32 Å². The van der Waals surface area contributed by atoms with Gasteiger partial charge in [0.05, 0.1) is 21.1 Å². The second-order valence-corrected chi connectivity index (χ2v) is 9.10. The van der Waals surface area contributed by atoms with Crippen LogP contribution in [0.4, 0.5) is 0 Å². The van der Waals surface area contributed by atoms with Gasteiger partial charge in [-0.25, -0.2) is 0 Å². The number of hydrogen-bond donors (Lipinski definition) is 1. The van der Waals surface area contributed by atoms with Crippen LogP contribution in [0.25, 0.3) is 0 Å². The van der Waals surface area contributed by atoms with Crippen LogP contribution in [0.15, 0.2) is 0 Å². The quantitative estimate of drug-likeness (QED) is 0.217. The minimum Gasteiger partial charge on any atom is -0.351 e. The molecule has 0 aromatic carbocycles. The molecule has 0 radical (unpaired) electrons. The molecule has 0 spiro atoms. The zero-order valence-electron chi connectivity index (χ0n) is 18.6. The lowest BCUT2D eigenvalue weighted by Gasteiger charge is -2.22. The fraction of sp³-hybridized carbons (Fsp3) is 0.957. The van der Waals surface area contributed by atoms with Crippen LogP contribution in [-0.2, 0) is 4.79 Å². The standard InChI is InChI=1S/C23H48N2O/c1-5-6-7-8-9-10-11-12-13-14-15-16-17-18-19-20-21-24-23(26)22-25(2,3)4/h5-22H2,1-4H3/p+1. The SMILES string of the molecule is CCCCCCCCCCCCCCCCCCNC(=O)C[N+](C)(C)C. The van der Waals surface area contributed by atoms with Gasteiger partial charge in [-0.05, 0) is 6.42 Å². The summed E-state index contributed by atoms with van der Waals surface area (Å²) in [4.78, 5) is 11.7. The van der Waals surface area contributed by atoms with E-state index < -0.39 is 0 Å². The molecule has 0 saturated carbocycles. The van der Waals surface area contributed by atoms with Crippen LogP contribution in [0.1, 0.15) is 110 Å². The van der Waals surface area contributed by atoms with Crippen molar-refractivity contribution in [3.63, 3.8) is 0 Å². The molecule has 0 aliphatic carbocycles. The molecular weight excluding hydrogens is 320 g/mol. The highest BCUT2D eigenvalue weighted by Crippen LogP contribution is 2.13. The first-order valence-corrected chi connectivity index (χ1v) is 11.5. The predicted molar refractivity (Wildman–Crippen MR) is 115 cm³/mol. The first kappa shape index (κ1) is 25.4. The van der Waals surface area contributed by atoms with Crippen molar-refractivity contribution in [3.8, 4) is 0 Å². The zero-order chi connectivity index (χ0) is 19.5. The lowest BCUT2D eigenvalue weighted by Crippen LogP contribution is -2.44. The van der Waals surface area contributed by atoms with Crippen molar-refractivity contribution in [1.29, 1.82) is 0 Å². The van der Waals surface area contributed by atoms with Crippen molar-refractivity contribution < 1.29 is 9.28 Å². The Bertz CT molecular complexity index is 310. The highest BCUT2D eigenvalue weighted by atomic mass is 16.2. The third-order valence-corrected chi connectivity index (χ3v) is 4.97. The maximum atomic E-state index is 11.7. The molecule has 26 heavy (non-hydrogen) atoms. The number of likely N-dealkylation sites (N-methyl/N-ethyl adjacent to an activating group) is 1. The summed E-state index contributed by atoms with van der Waals surface area (Å²) in [5, 5.41) is 3.03. The van der Waals surface area contributed by atoms with Crippen LogP contribution in [0, 0.1) is 0 Å². The molecule has 0 fully saturated rings. The molecule has 0 aliphatic rings. The topological polar surface area (TPSA) is 29.1 Å². The summed E-state index contributed by atoms with van der Waals surface area (Å²) in [6.45, 7) is 3.70. The Kier molecular flexibility index (Phi) is 17.4. The number of quaternary nitrogens is 1. The van der Waals surface area contributed by atoms with E-state index in [0.29, 0.717) is 11.0 Å². The van der Waals surface area contributed by atoms with Gasteiger partial charge in [-0.1, -0.05) is 103 Å². The number of unbranched alkanes of at least 4 members (excludes halogenated alkanes) is 15. The average Bonchev–Trinajstić information content (AvgIpc) is 2.56. The molecule has 0 aromatic heterocycles. The van der Waals surface area contributed by atoms with Crippen LogP contribution in [0.5, 0.6) is 0 Å². The first-order valence-electron chi connectivity index (χ1n) is 11.5. The summed E-state index contributed by atoms with van der Waals surface area (Å²) >= 11 is 0. The van der Waals surface area contributed by atoms with Gasteiger partial charge in [-0.2, -0.15) is 0 Å². The van der Waals surface area contributed by atoms with Crippen molar-refractivity contribution in [2.45, 2.75) is 110 Å². The van der Waals surface area contributed by atoms with E-state index in [-0.39, 0.29) is 5.91 Å². The Hall–Kier alpha value is -0.570. The van der Waals surface area contributed by atoms with Gasteiger partial charge in [0.25, 0.3) is 5.91 Å². The molecule has 0 aromatic rings. The summed E-state index contributed by atoms with van der Waals surface area (Å²) in [5.74, 6) is 0.179. The minimum absolute atomic E-state index is 0.179. The van der Waals surface area contributed by atoms with E-state index in [1.165, 1.54) is 96.3 Å². The number of hydrogen-bond acceptors (Lipinski definition) is 1. The molecule has 0 bridgehead atoms. The minimum atomic E-state index is 0.179. The molecular formula is C23H49N2O+. The van der Waals surface area contributed by atoms with Crippen LogP contribution in [0.3, 0.4) is 0 Å². The van der Waals surface area contributed by atoms with Gasteiger partial charge in [0.1, 0.15) is 0 Å². The van der Waals surface area contributed by atoms with E-state index in [9.17, 15) is 4.79 Å². The van der Waals surface area contributed by atoms with E-state index >= 15 is 0 Å². The van der Waals surface area contributed by atoms with E-state index in [4.69, 9.17) is 0 Å². The summed E-state index contributed by atoms with van der Waals surface area (Å²) < 4.78 is 0.699. The second kappa shape index (κ2) is 17.8. The fourth-order valence-corrected chi connectivity index (χ4v) is 3.39. The summed E-state index contributed by atoms with van der Waals surface area (Å²) in [7, 11) is 6.15. The number of rotatable bonds is 19. The number of amides is 1. The van der Waals surface area contributed by atoms with Gasteiger partial charge >= 0.3 is 0 Å². The van der Waals surface area contributed by atoms with Crippen LogP contribution in [-0.4, -0.2) is 44.6 Å². The first-order chi connectivity index (χ1) is 12.5. The molecule has 3 nitrogen and oxygen atoms in total. The smallest absolute Gasteiger partial charge is 0.275 e. The van der Waals surface area contributed by atoms with Crippen molar-refractivity contribution in [1.82, 2.24) is 5.32 Å². The van der Waals surface area contributed by atoms with Crippen molar-refractivity contribution in [3.05, 3.63) is 0 Å². The van der Waals surface area contributed by atoms with E-state index in [0.717, 1.165) is 13.0 Å². The lowest BCUT2D eigenvalue weighted by atomic mass is 10.0. The molecule has 0 heterocycles. The van der Waals surface area contributed by atoms with E-state index in [1.54, 1.807) is 0 Å². The molecule has 1 N–H and O–H groups in total. The number of nitrogens with zero attached hydrogens (tertiary/aromatic N) is 1. The summed E-state index contributed by atoms with van der Waals surface area (Å²) in [6.07, 6.45) is 22.2. The summed E-state index contributed by atoms with van der Waals surface area (Å²) in [5.41, 5.74) is 0. The average molecular weight is 370 g/mol. The van der Waals surface area contributed by atoms with Gasteiger partial charge in [0.2, 0.25) is 0 Å². The van der Waals surface area contributed by atoms with Gasteiger partial charge < -0.3 is 9.80 Å². The third kappa shape index (κ3) is 21.5. The molecule has 0 atom stereocenters. The van der Waals surface area contributed by atoms with E-state index in [1.807, 2.05) is 21.1 Å². The molecule has 3 heteroatoms. The highest BCUT2D eigenvalue weighted by molar-refractivity contribution is 5.76. The maximum Gasteiger partial charge on any atom is 0.275 e. The Morgan fingerprint density at radius 2 is 0.962 bits per heavy atom. The van der Waals surface area contributed by atoms with Gasteiger partial charge in [-0.3, -0.25) is 4.79 Å². The summed E-state index contributed by atoms with van der Waals surface area (Å²) in [6, 6.07) is 0. The Balaban J connectivity index is 3.12. The van der Waals surface area contributed by atoms with E-state index in [2.05, 4.69) is 12.2 Å². The van der Waals surface area contributed by atoms with Gasteiger partial charge in [0, 0.05) is 6.54 Å². The maximum absolute atomic E-state index is 11.7. The largest absolute Gasteiger partial charge is 0.351 e.